The predicted molar refractivity (Wildman–Crippen MR) is 134 cm³/mol. The Morgan fingerprint density at radius 2 is 1.70 bits per heavy atom. The number of aliphatic imine (C=N–C) groups is 1. The minimum atomic E-state index is -0.217. The minimum Gasteiger partial charge on any atom is -0.495 e. The number of piperazine rings is 1. The maximum atomic E-state index is 12.9. The van der Waals surface area contributed by atoms with Gasteiger partial charge in [-0.15, -0.1) is 0 Å². The molecule has 0 saturated carbocycles. The minimum absolute atomic E-state index is 0.217. The summed E-state index contributed by atoms with van der Waals surface area (Å²) in [5.41, 5.74) is 3.51. The molecule has 4 rings (SSSR count). The number of ether oxygens (including phenoxy) is 1. The molecule has 33 heavy (non-hydrogen) atoms. The number of amides is 1. The highest BCUT2D eigenvalue weighted by atomic mass is 35.5. The van der Waals surface area contributed by atoms with Crippen molar-refractivity contribution in [1.29, 1.82) is 0 Å². The van der Waals surface area contributed by atoms with E-state index in [9.17, 15) is 4.79 Å². The Bertz CT molecular complexity index is 1140. The van der Waals surface area contributed by atoms with Crippen LogP contribution in [-0.2, 0) is 0 Å². The summed E-state index contributed by atoms with van der Waals surface area (Å²) in [4.78, 5) is 22.2. The van der Waals surface area contributed by atoms with Gasteiger partial charge in [0.1, 0.15) is 5.75 Å². The first kappa shape index (κ1) is 22.7. The fraction of sp³-hybridized carbons (Fsp3) is 0.231. The third-order valence-corrected chi connectivity index (χ3v) is 5.83. The molecule has 1 amide bonds. The summed E-state index contributed by atoms with van der Waals surface area (Å²) < 4.78 is 5.53. The molecule has 0 spiro atoms. The van der Waals surface area contributed by atoms with Crippen molar-refractivity contribution in [2.24, 2.45) is 4.99 Å². The Hall–Kier alpha value is -3.51. The number of hydrogen-bond acceptors (Lipinski definition) is 4. The molecule has 1 fully saturated rings. The van der Waals surface area contributed by atoms with Gasteiger partial charge in [0.25, 0.3) is 5.91 Å². The molecule has 7 heteroatoms. The Balaban J connectivity index is 1.55. The quantitative estimate of drug-likeness (QED) is 0.442. The third-order valence-electron chi connectivity index (χ3n) is 5.57. The van der Waals surface area contributed by atoms with Crippen LogP contribution in [0.25, 0.3) is 0 Å². The molecule has 6 nitrogen and oxygen atoms in total. The number of para-hydroxylation sites is 2. The average molecular weight is 463 g/mol. The molecule has 0 unspecified atom stereocenters. The number of anilines is 1. The van der Waals surface area contributed by atoms with Gasteiger partial charge < -0.3 is 14.5 Å². The van der Waals surface area contributed by atoms with E-state index in [4.69, 9.17) is 21.3 Å². The lowest BCUT2D eigenvalue weighted by Gasteiger charge is -2.38. The number of aryl methyl sites for hydroxylation is 1. The summed E-state index contributed by atoms with van der Waals surface area (Å²) >= 11 is 5.97. The van der Waals surface area contributed by atoms with Crippen molar-refractivity contribution in [1.82, 2.24) is 10.2 Å². The molecule has 0 aromatic heterocycles. The van der Waals surface area contributed by atoms with E-state index >= 15 is 0 Å². The fourth-order valence-electron chi connectivity index (χ4n) is 3.82. The summed E-state index contributed by atoms with van der Waals surface area (Å²) in [6, 6.07) is 22.8. The monoisotopic (exact) mass is 462 g/mol. The number of carbonyl (C=O) groups is 1. The average Bonchev–Trinajstić information content (AvgIpc) is 2.84. The number of nitrogens with one attached hydrogen (secondary N) is 1. The van der Waals surface area contributed by atoms with Crippen LogP contribution >= 0.6 is 11.6 Å². The number of nitrogens with zero attached hydrogens (tertiary/aromatic N) is 3. The Kier molecular flexibility index (Phi) is 7.15. The number of halogens is 1. The first-order valence-corrected chi connectivity index (χ1v) is 11.3. The van der Waals surface area contributed by atoms with E-state index in [0.29, 0.717) is 29.6 Å². The normalized spacial score (nSPS) is 14.2. The number of methoxy groups -OCH3 is 1. The molecule has 1 aliphatic rings. The SMILES string of the molecule is COc1ccccc1N1CCN(C(=Nc2cccc(C)c2)NC(=O)c2ccc(Cl)cc2)CC1. The Labute approximate surface area is 199 Å². The van der Waals surface area contributed by atoms with Gasteiger partial charge in [-0.05, 0) is 61.0 Å². The highest BCUT2D eigenvalue weighted by Gasteiger charge is 2.23. The molecule has 3 aromatic carbocycles. The van der Waals surface area contributed by atoms with Gasteiger partial charge in [0.05, 0.1) is 18.5 Å². The lowest BCUT2D eigenvalue weighted by Crippen LogP contribution is -2.53. The lowest BCUT2D eigenvalue weighted by molar-refractivity contribution is 0.0972. The molecule has 170 valence electrons. The van der Waals surface area contributed by atoms with Crippen LogP contribution in [0.4, 0.5) is 11.4 Å². The Morgan fingerprint density at radius 1 is 0.970 bits per heavy atom. The van der Waals surface area contributed by atoms with E-state index in [0.717, 1.165) is 35.8 Å². The van der Waals surface area contributed by atoms with Crippen molar-refractivity contribution in [3.8, 4) is 5.75 Å². The first-order chi connectivity index (χ1) is 16.0. The van der Waals surface area contributed by atoms with Crippen LogP contribution in [0.1, 0.15) is 15.9 Å². The number of benzene rings is 3. The summed E-state index contributed by atoms with van der Waals surface area (Å²) in [5, 5.41) is 3.61. The zero-order chi connectivity index (χ0) is 23.2. The van der Waals surface area contributed by atoms with Crippen molar-refractivity contribution in [2.75, 3.05) is 38.2 Å². The topological polar surface area (TPSA) is 57.2 Å². The summed E-state index contributed by atoms with van der Waals surface area (Å²) in [6.45, 7) is 5.01. The van der Waals surface area contributed by atoms with Crippen LogP contribution in [0.5, 0.6) is 5.75 Å². The molecule has 1 N–H and O–H groups in total. The van der Waals surface area contributed by atoms with Crippen LogP contribution in [0.2, 0.25) is 5.02 Å². The maximum absolute atomic E-state index is 12.9. The van der Waals surface area contributed by atoms with Crippen LogP contribution in [0.15, 0.2) is 77.8 Å². The van der Waals surface area contributed by atoms with Gasteiger partial charge in [0, 0.05) is 36.8 Å². The van der Waals surface area contributed by atoms with Crippen molar-refractivity contribution in [2.45, 2.75) is 6.92 Å². The van der Waals surface area contributed by atoms with Crippen LogP contribution in [-0.4, -0.2) is 50.1 Å². The highest BCUT2D eigenvalue weighted by Crippen LogP contribution is 2.28. The lowest BCUT2D eigenvalue weighted by atomic mass is 10.2. The number of hydrogen-bond donors (Lipinski definition) is 1. The molecular formula is C26H27ClN4O2. The second kappa shape index (κ2) is 10.4. The molecule has 0 atom stereocenters. The van der Waals surface area contributed by atoms with E-state index in [-0.39, 0.29) is 5.91 Å². The van der Waals surface area contributed by atoms with E-state index in [1.165, 1.54) is 0 Å². The molecule has 0 bridgehead atoms. The van der Waals surface area contributed by atoms with E-state index in [1.54, 1.807) is 31.4 Å². The molecular weight excluding hydrogens is 436 g/mol. The number of carbonyl (C=O) groups excluding carboxylic acids is 1. The van der Waals surface area contributed by atoms with Gasteiger partial charge in [0.15, 0.2) is 0 Å². The molecule has 1 heterocycles. The van der Waals surface area contributed by atoms with E-state index < -0.39 is 0 Å². The fourth-order valence-corrected chi connectivity index (χ4v) is 3.95. The second-order valence-corrected chi connectivity index (χ2v) is 8.32. The summed E-state index contributed by atoms with van der Waals surface area (Å²) in [6.07, 6.45) is 0. The summed E-state index contributed by atoms with van der Waals surface area (Å²) in [5.74, 6) is 1.18. The van der Waals surface area contributed by atoms with Gasteiger partial charge in [-0.3, -0.25) is 10.1 Å². The van der Waals surface area contributed by atoms with E-state index in [2.05, 4.69) is 21.2 Å². The van der Waals surface area contributed by atoms with Gasteiger partial charge >= 0.3 is 0 Å². The molecule has 1 aliphatic heterocycles. The van der Waals surface area contributed by atoms with Gasteiger partial charge in [-0.2, -0.15) is 0 Å². The van der Waals surface area contributed by atoms with Crippen LogP contribution in [0, 0.1) is 6.92 Å². The molecule has 0 radical (unpaired) electrons. The number of guanidine groups is 1. The highest BCUT2D eigenvalue weighted by molar-refractivity contribution is 6.30. The standard InChI is InChI=1S/C26H27ClN4O2/c1-19-6-5-7-22(18-19)28-26(29-25(32)20-10-12-21(27)13-11-20)31-16-14-30(15-17-31)23-8-3-4-9-24(23)33-2/h3-13,18H,14-17H2,1-2H3,(H,28,29,32). The van der Waals surface area contributed by atoms with Crippen molar-refractivity contribution >= 4 is 34.8 Å². The molecule has 1 saturated heterocycles. The maximum Gasteiger partial charge on any atom is 0.257 e. The molecule has 3 aromatic rings. The van der Waals surface area contributed by atoms with Gasteiger partial charge in [0.2, 0.25) is 5.96 Å². The van der Waals surface area contributed by atoms with Crippen molar-refractivity contribution in [3.05, 3.63) is 88.9 Å². The zero-order valence-electron chi connectivity index (χ0n) is 18.8. The van der Waals surface area contributed by atoms with Gasteiger partial charge in [-0.25, -0.2) is 4.99 Å². The number of rotatable bonds is 4. The predicted octanol–water partition coefficient (Wildman–Crippen LogP) is 4.90. The largest absolute Gasteiger partial charge is 0.495 e. The van der Waals surface area contributed by atoms with Crippen molar-refractivity contribution in [3.63, 3.8) is 0 Å². The first-order valence-electron chi connectivity index (χ1n) is 10.9. The van der Waals surface area contributed by atoms with Crippen molar-refractivity contribution < 1.29 is 9.53 Å². The van der Waals surface area contributed by atoms with Crippen LogP contribution in [0.3, 0.4) is 0 Å². The molecule has 0 aliphatic carbocycles. The van der Waals surface area contributed by atoms with Crippen LogP contribution < -0.4 is 15.0 Å². The zero-order valence-corrected chi connectivity index (χ0v) is 19.5. The van der Waals surface area contributed by atoms with E-state index in [1.807, 2.05) is 49.4 Å². The summed E-state index contributed by atoms with van der Waals surface area (Å²) in [7, 11) is 1.69. The second-order valence-electron chi connectivity index (χ2n) is 7.88. The smallest absolute Gasteiger partial charge is 0.257 e. The van der Waals surface area contributed by atoms with Gasteiger partial charge in [-0.1, -0.05) is 35.9 Å². The third kappa shape index (κ3) is 5.65. The Morgan fingerprint density at radius 3 is 2.39 bits per heavy atom.